The number of carbonyl (C=O) groups excluding carboxylic acids is 2. The molecule has 2 heterocycles. The topological polar surface area (TPSA) is 119 Å². The zero-order chi connectivity index (χ0) is 26.0. The monoisotopic (exact) mass is 504 g/mol. The molecular formula is C26H44N6O4. The van der Waals surface area contributed by atoms with Crippen LogP contribution in [-0.4, -0.2) is 91.4 Å². The summed E-state index contributed by atoms with van der Waals surface area (Å²) >= 11 is 0. The van der Waals surface area contributed by atoms with Gasteiger partial charge in [0, 0.05) is 32.2 Å². The number of guanidine groups is 1. The van der Waals surface area contributed by atoms with Crippen LogP contribution < -0.4 is 10.6 Å². The highest BCUT2D eigenvalue weighted by atomic mass is 16.5. The van der Waals surface area contributed by atoms with Crippen LogP contribution in [0.2, 0.25) is 0 Å². The molecule has 3 rings (SSSR count). The van der Waals surface area contributed by atoms with E-state index in [1.54, 1.807) is 6.92 Å². The third-order valence-corrected chi connectivity index (χ3v) is 7.62. The average Bonchev–Trinajstić information content (AvgIpc) is 2.89. The van der Waals surface area contributed by atoms with Crippen LogP contribution in [0.15, 0.2) is 4.99 Å². The zero-order valence-electron chi connectivity index (χ0n) is 22.3. The maximum absolute atomic E-state index is 13.7. The van der Waals surface area contributed by atoms with Crippen LogP contribution in [0.5, 0.6) is 0 Å². The van der Waals surface area contributed by atoms with E-state index >= 15 is 0 Å². The van der Waals surface area contributed by atoms with E-state index in [2.05, 4.69) is 35.5 Å². The number of carbonyl (C=O) groups is 2. The van der Waals surface area contributed by atoms with Gasteiger partial charge in [0.15, 0.2) is 0 Å². The minimum absolute atomic E-state index is 0.239. The molecule has 2 saturated heterocycles. The summed E-state index contributed by atoms with van der Waals surface area (Å²) in [5.74, 6) is 0.498. The molecule has 202 valence electrons. The number of rotatable bonds is 7. The highest BCUT2D eigenvalue weighted by molar-refractivity contribution is 5.96. The fourth-order valence-corrected chi connectivity index (χ4v) is 5.34. The summed E-state index contributed by atoms with van der Waals surface area (Å²) < 4.78 is 10.6. The number of amides is 2. The van der Waals surface area contributed by atoms with Crippen LogP contribution in [0.25, 0.3) is 0 Å². The number of ether oxygens (including phenoxy) is 2. The van der Waals surface area contributed by atoms with Gasteiger partial charge in [0.1, 0.15) is 11.6 Å². The molecule has 1 atom stereocenters. The van der Waals surface area contributed by atoms with Gasteiger partial charge >= 0.3 is 6.09 Å². The van der Waals surface area contributed by atoms with Crippen molar-refractivity contribution in [2.75, 3.05) is 46.0 Å². The number of alkyl carbamates (subject to hydrolysis) is 1. The lowest BCUT2D eigenvalue weighted by Gasteiger charge is -2.40. The Morgan fingerprint density at radius 1 is 1.14 bits per heavy atom. The Kier molecular flexibility index (Phi) is 10.8. The van der Waals surface area contributed by atoms with Gasteiger partial charge in [0.25, 0.3) is 0 Å². The van der Waals surface area contributed by atoms with Gasteiger partial charge in [0.05, 0.1) is 25.9 Å². The predicted molar refractivity (Wildman–Crippen MR) is 137 cm³/mol. The Morgan fingerprint density at radius 2 is 1.81 bits per heavy atom. The maximum atomic E-state index is 13.7. The first-order valence-electron chi connectivity index (χ1n) is 13.7. The quantitative estimate of drug-likeness (QED) is 0.404. The Balaban J connectivity index is 1.82. The minimum atomic E-state index is -0.892. The van der Waals surface area contributed by atoms with E-state index < -0.39 is 17.7 Å². The molecule has 3 fully saturated rings. The highest BCUT2D eigenvalue weighted by Crippen LogP contribution is 2.29. The lowest BCUT2D eigenvalue weighted by Crippen LogP contribution is -2.57. The van der Waals surface area contributed by atoms with Crippen LogP contribution >= 0.6 is 0 Å². The summed E-state index contributed by atoms with van der Waals surface area (Å²) in [6.45, 7) is 10.00. The third-order valence-electron chi connectivity index (χ3n) is 7.62. The van der Waals surface area contributed by atoms with E-state index in [4.69, 9.17) is 14.5 Å². The lowest BCUT2D eigenvalue weighted by molar-refractivity contribution is -0.124. The molecule has 0 aromatic carbocycles. The number of hydrogen-bond acceptors (Lipinski definition) is 7. The molecule has 0 aromatic rings. The van der Waals surface area contributed by atoms with E-state index in [0.717, 1.165) is 38.8 Å². The molecule has 2 N–H and O–H groups in total. The number of morpholine rings is 1. The number of nitrogens with zero attached hydrogens (tertiary/aromatic N) is 4. The summed E-state index contributed by atoms with van der Waals surface area (Å²) in [5, 5.41) is 15.9. The van der Waals surface area contributed by atoms with Crippen LogP contribution in [0, 0.1) is 17.2 Å². The standard InChI is InChI=1S/C26H44N6O4/c1-4-36-25(34)29-24(32-14-16-35-17-15-32)28-22(18-21-8-6-5-7-9-21)23(33)30-26(19-27)10-12-31(13-11-26)20(2)3/h20-22H,4-18H2,1-3H3,(H,30,33)(H,28,29,34)/t22-/m0/s1. The van der Waals surface area contributed by atoms with Crippen LogP contribution in [0.4, 0.5) is 4.79 Å². The van der Waals surface area contributed by atoms with Gasteiger partial charge in [-0.15, -0.1) is 0 Å². The molecule has 0 spiro atoms. The minimum Gasteiger partial charge on any atom is -0.450 e. The largest absolute Gasteiger partial charge is 0.450 e. The van der Waals surface area contributed by atoms with Gasteiger partial charge in [0.2, 0.25) is 11.9 Å². The second-order valence-corrected chi connectivity index (χ2v) is 10.5. The number of nitriles is 1. The first kappa shape index (κ1) is 28.2. The summed E-state index contributed by atoms with van der Waals surface area (Å²) in [4.78, 5) is 35.1. The Bertz CT molecular complexity index is 791. The van der Waals surface area contributed by atoms with E-state index in [1.165, 1.54) is 6.42 Å². The van der Waals surface area contributed by atoms with Crippen molar-refractivity contribution in [3.8, 4) is 6.07 Å². The molecule has 2 amide bonds. The van der Waals surface area contributed by atoms with Crippen molar-refractivity contribution in [1.29, 1.82) is 5.26 Å². The van der Waals surface area contributed by atoms with E-state index in [1.807, 2.05) is 4.90 Å². The van der Waals surface area contributed by atoms with Gasteiger partial charge < -0.3 is 24.6 Å². The number of likely N-dealkylation sites (tertiary alicyclic amines) is 1. The van der Waals surface area contributed by atoms with Crippen molar-refractivity contribution >= 4 is 18.0 Å². The highest BCUT2D eigenvalue weighted by Gasteiger charge is 2.39. The number of piperidine rings is 1. The van der Waals surface area contributed by atoms with Crippen molar-refractivity contribution in [1.82, 2.24) is 20.4 Å². The molecule has 1 aliphatic carbocycles. The Morgan fingerprint density at radius 3 is 2.39 bits per heavy atom. The van der Waals surface area contributed by atoms with Gasteiger partial charge in [-0.1, -0.05) is 32.1 Å². The Hall–Kier alpha value is -2.38. The lowest BCUT2D eigenvalue weighted by atomic mass is 9.84. The molecule has 0 unspecified atom stereocenters. The van der Waals surface area contributed by atoms with Crippen LogP contribution in [0.1, 0.15) is 72.1 Å². The summed E-state index contributed by atoms with van der Waals surface area (Å²) in [7, 11) is 0. The van der Waals surface area contributed by atoms with Crippen molar-refractivity contribution in [3.05, 3.63) is 0 Å². The van der Waals surface area contributed by atoms with Gasteiger partial charge in [-0.2, -0.15) is 5.26 Å². The summed E-state index contributed by atoms with van der Waals surface area (Å²) in [5.41, 5.74) is -0.892. The van der Waals surface area contributed by atoms with E-state index in [9.17, 15) is 14.9 Å². The molecule has 0 bridgehead atoms. The molecule has 3 aliphatic rings. The van der Waals surface area contributed by atoms with Gasteiger partial charge in [-0.3, -0.25) is 10.1 Å². The van der Waals surface area contributed by atoms with E-state index in [0.29, 0.717) is 63.5 Å². The van der Waals surface area contributed by atoms with Crippen molar-refractivity contribution in [2.24, 2.45) is 10.9 Å². The molecule has 0 radical (unpaired) electrons. The zero-order valence-corrected chi connectivity index (χ0v) is 22.3. The Labute approximate surface area is 215 Å². The van der Waals surface area contributed by atoms with Gasteiger partial charge in [-0.05, 0) is 46.0 Å². The second kappa shape index (κ2) is 13.8. The fraction of sp³-hybridized carbons (Fsp3) is 0.846. The fourth-order valence-electron chi connectivity index (χ4n) is 5.34. The average molecular weight is 505 g/mol. The van der Waals surface area contributed by atoms with E-state index in [-0.39, 0.29) is 12.5 Å². The first-order chi connectivity index (χ1) is 17.4. The first-order valence-corrected chi connectivity index (χ1v) is 13.7. The molecule has 10 nitrogen and oxygen atoms in total. The molecule has 36 heavy (non-hydrogen) atoms. The molecule has 10 heteroatoms. The van der Waals surface area contributed by atoms with Gasteiger partial charge in [-0.25, -0.2) is 9.79 Å². The number of nitrogens with one attached hydrogen (secondary N) is 2. The molecule has 2 aliphatic heterocycles. The maximum Gasteiger partial charge on any atom is 0.413 e. The normalized spacial score (nSPS) is 22.5. The second-order valence-electron chi connectivity index (χ2n) is 10.5. The number of hydrogen-bond donors (Lipinski definition) is 2. The van der Waals surface area contributed by atoms with Crippen LogP contribution in [-0.2, 0) is 14.3 Å². The molecule has 1 saturated carbocycles. The summed E-state index contributed by atoms with van der Waals surface area (Å²) in [6, 6.07) is 2.12. The SMILES string of the molecule is CCOC(=O)NC(=N[C@@H](CC1CCCCC1)C(=O)NC1(C#N)CCN(C(C)C)CC1)N1CCOCC1. The van der Waals surface area contributed by atoms with Crippen molar-refractivity contribution < 1.29 is 19.1 Å². The van der Waals surface area contributed by atoms with Crippen molar-refractivity contribution in [3.63, 3.8) is 0 Å². The number of aliphatic imine (C=N–C) groups is 1. The van der Waals surface area contributed by atoms with Crippen LogP contribution in [0.3, 0.4) is 0 Å². The predicted octanol–water partition coefficient (Wildman–Crippen LogP) is 2.64. The molecular weight excluding hydrogens is 460 g/mol. The molecule has 0 aromatic heterocycles. The smallest absolute Gasteiger partial charge is 0.413 e. The van der Waals surface area contributed by atoms with Crippen molar-refractivity contribution in [2.45, 2.75) is 89.8 Å². The summed E-state index contributed by atoms with van der Waals surface area (Å²) in [6.07, 6.45) is 6.88. The third kappa shape index (κ3) is 8.07.